The molecule has 2 heteroatoms. The number of rotatable bonds is 1. The molecule has 0 unspecified atom stereocenters. The van der Waals surface area contributed by atoms with E-state index in [4.69, 9.17) is 4.42 Å². The molecule has 0 atom stereocenters. The van der Waals surface area contributed by atoms with Crippen LogP contribution in [-0.2, 0) is 4.75 Å². The molecular formula is C9H14OS. The van der Waals surface area contributed by atoms with E-state index in [-0.39, 0.29) is 4.75 Å². The highest BCUT2D eigenvalue weighted by atomic mass is 32.1. The maximum Gasteiger partial charge on any atom is 0.105 e. The number of aryl methyl sites for hydroxylation is 2. The Morgan fingerprint density at radius 1 is 1.36 bits per heavy atom. The molecule has 0 bridgehead atoms. The van der Waals surface area contributed by atoms with Crippen LogP contribution in [0.25, 0.3) is 0 Å². The van der Waals surface area contributed by atoms with Gasteiger partial charge in [-0.25, -0.2) is 0 Å². The minimum Gasteiger partial charge on any atom is -0.466 e. The molecule has 0 amide bonds. The van der Waals surface area contributed by atoms with E-state index in [1.807, 2.05) is 19.9 Å². The second-order valence-corrected chi connectivity index (χ2v) is 4.50. The summed E-state index contributed by atoms with van der Waals surface area (Å²) in [7, 11) is 0. The molecule has 62 valence electrons. The molecule has 0 fully saturated rings. The van der Waals surface area contributed by atoms with Crippen molar-refractivity contribution in [1.82, 2.24) is 0 Å². The minimum atomic E-state index is -0.0954. The summed E-state index contributed by atoms with van der Waals surface area (Å²) < 4.78 is 5.30. The first-order valence-corrected chi connectivity index (χ1v) is 4.16. The van der Waals surface area contributed by atoms with Crippen molar-refractivity contribution in [1.29, 1.82) is 0 Å². The fourth-order valence-corrected chi connectivity index (χ4v) is 1.46. The lowest BCUT2D eigenvalue weighted by molar-refractivity contribution is 0.498. The van der Waals surface area contributed by atoms with Crippen molar-refractivity contribution in [3.63, 3.8) is 0 Å². The molecule has 0 aromatic carbocycles. The molecule has 1 aromatic rings. The summed E-state index contributed by atoms with van der Waals surface area (Å²) in [5, 5.41) is 0. The van der Waals surface area contributed by atoms with E-state index in [0.29, 0.717) is 0 Å². The zero-order valence-electron chi connectivity index (χ0n) is 7.43. The Balaban J connectivity index is 3.13. The van der Waals surface area contributed by atoms with Crippen LogP contribution in [-0.4, -0.2) is 0 Å². The molecule has 0 saturated heterocycles. The summed E-state index contributed by atoms with van der Waals surface area (Å²) in [5.74, 6) is 1.93. The maximum absolute atomic E-state index is 5.39. The quantitative estimate of drug-likeness (QED) is 0.639. The first-order chi connectivity index (χ1) is 4.91. The van der Waals surface area contributed by atoms with E-state index >= 15 is 0 Å². The summed E-state index contributed by atoms with van der Waals surface area (Å²) in [6.07, 6.45) is 0. The van der Waals surface area contributed by atoms with Crippen molar-refractivity contribution in [2.45, 2.75) is 32.4 Å². The topological polar surface area (TPSA) is 13.1 Å². The Morgan fingerprint density at radius 3 is 2.09 bits per heavy atom. The smallest absolute Gasteiger partial charge is 0.105 e. The third kappa shape index (κ3) is 1.80. The van der Waals surface area contributed by atoms with Gasteiger partial charge in [-0.1, -0.05) is 0 Å². The number of hydrogen-bond donors (Lipinski definition) is 1. The Kier molecular flexibility index (Phi) is 2.06. The molecule has 0 radical (unpaired) electrons. The average Bonchev–Trinajstić information content (AvgIpc) is 2.08. The Labute approximate surface area is 73.2 Å². The fraction of sp³-hybridized carbons (Fsp3) is 0.556. The van der Waals surface area contributed by atoms with Gasteiger partial charge in [-0.2, -0.15) is 12.6 Å². The molecule has 1 rings (SSSR count). The van der Waals surface area contributed by atoms with Crippen LogP contribution in [0.2, 0.25) is 0 Å². The van der Waals surface area contributed by atoms with Crippen LogP contribution in [0, 0.1) is 13.8 Å². The summed E-state index contributed by atoms with van der Waals surface area (Å²) in [4.78, 5) is 0. The first-order valence-electron chi connectivity index (χ1n) is 3.71. The van der Waals surface area contributed by atoms with Crippen molar-refractivity contribution >= 4 is 12.6 Å². The van der Waals surface area contributed by atoms with Crippen molar-refractivity contribution in [2.75, 3.05) is 0 Å². The minimum absolute atomic E-state index is 0.0954. The van der Waals surface area contributed by atoms with Gasteiger partial charge in [-0.15, -0.1) is 0 Å². The molecule has 0 aliphatic heterocycles. The largest absolute Gasteiger partial charge is 0.466 e. The van der Waals surface area contributed by atoms with Crippen LogP contribution in [0.15, 0.2) is 10.5 Å². The molecule has 0 aliphatic carbocycles. The van der Waals surface area contributed by atoms with Crippen LogP contribution in [0.3, 0.4) is 0 Å². The predicted molar refractivity (Wildman–Crippen MR) is 50.2 cm³/mol. The van der Waals surface area contributed by atoms with Crippen molar-refractivity contribution in [3.8, 4) is 0 Å². The van der Waals surface area contributed by atoms with Gasteiger partial charge in [-0.05, 0) is 33.8 Å². The fourth-order valence-electron chi connectivity index (χ4n) is 1.24. The summed E-state index contributed by atoms with van der Waals surface area (Å²) in [6.45, 7) is 8.05. The molecule has 1 aromatic heterocycles. The first kappa shape index (κ1) is 8.72. The highest BCUT2D eigenvalue weighted by Crippen LogP contribution is 2.31. The van der Waals surface area contributed by atoms with E-state index in [9.17, 15) is 0 Å². The van der Waals surface area contributed by atoms with Crippen molar-refractivity contribution < 1.29 is 4.42 Å². The van der Waals surface area contributed by atoms with E-state index < -0.39 is 0 Å². The monoisotopic (exact) mass is 170 g/mol. The van der Waals surface area contributed by atoms with Gasteiger partial charge >= 0.3 is 0 Å². The Morgan fingerprint density at radius 2 is 1.91 bits per heavy atom. The van der Waals surface area contributed by atoms with E-state index in [0.717, 1.165) is 11.5 Å². The van der Waals surface area contributed by atoms with Gasteiger partial charge in [0.25, 0.3) is 0 Å². The second kappa shape index (κ2) is 2.59. The lowest BCUT2D eigenvalue weighted by Gasteiger charge is -2.15. The van der Waals surface area contributed by atoms with Crippen LogP contribution in [0.5, 0.6) is 0 Å². The van der Waals surface area contributed by atoms with E-state index in [1.54, 1.807) is 0 Å². The predicted octanol–water partition coefficient (Wildman–Crippen LogP) is 3.06. The number of hydrogen-bond acceptors (Lipinski definition) is 2. The highest BCUT2D eigenvalue weighted by molar-refractivity contribution is 7.81. The normalized spacial score (nSPS) is 12.1. The molecule has 0 aliphatic rings. The molecule has 11 heavy (non-hydrogen) atoms. The Hall–Kier alpha value is -0.370. The lowest BCUT2D eigenvalue weighted by Crippen LogP contribution is -2.07. The van der Waals surface area contributed by atoms with Gasteiger partial charge in [0, 0.05) is 10.3 Å². The van der Waals surface area contributed by atoms with Gasteiger partial charge in [0.05, 0.1) is 0 Å². The van der Waals surface area contributed by atoms with Gasteiger partial charge in [-0.3, -0.25) is 0 Å². The molecule has 1 heterocycles. The third-order valence-electron chi connectivity index (χ3n) is 1.70. The molecule has 0 N–H and O–H groups in total. The van der Waals surface area contributed by atoms with E-state index in [1.165, 1.54) is 5.56 Å². The lowest BCUT2D eigenvalue weighted by atomic mass is 10.0. The highest BCUT2D eigenvalue weighted by Gasteiger charge is 2.19. The SMILES string of the molecule is Cc1cc(C(C)(C)S)c(C)o1. The zero-order chi connectivity index (χ0) is 8.65. The average molecular weight is 170 g/mol. The number of furan rings is 1. The molecule has 0 spiro atoms. The summed E-state index contributed by atoms with van der Waals surface area (Å²) >= 11 is 4.47. The number of thiol groups is 1. The molecule has 1 nitrogen and oxygen atoms in total. The maximum atomic E-state index is 5.39. The van der Waals surface area contributed by atoms with Crippen LogP contribution >= 0.6 is 12.6 Å². The zero-order valence-corrected chi connectivity index (χ0v) is 8.33. The standard InChI is InChI=1S/C9H14OS/c1-6-5-8(7(2)10-6)9(3,4)11/h5,11H,1-4H3. The van der Waals surface area contributed by atoms with Gasteiger partial charge < -0.3 is 4.42 Å². The van der Waals surface area contributed by atoms with Crippen LogP contribution in [0.4, 0.5) is 0 Å². The molecular weight excluding hydrogens is 156 g/mol. The van der Waals surface area contributed by atoms with Crippen LogP contribution in [0.1, 0.15) is 30.9 Å². The van der Waals surface area contributed by atoms with Gasteiger partial charge in [0.2, 0.25) is 0 Å². The Bertz CT molecular complexity index is 255. The van der Waals surface area contributed by atoms with Gasteiger partial charge in [0.1, 0.15) is 11.5 Å². The second-order valence-electron chi connectivity index (χ2n) is 3.39. The van der Waals surface area contributed by atoms with Crippen molar-refractivity contribution in [2.24, 2.45) is 0 Å². The van der Waals surface area contributed by atoms with Crippen molar-refractivity contribution in [3.05, 3.63) is 23.2 Å². The van der Waals surface area contributed by atoms with Gasteiger partial charge in [0.15, 0.2) is 0 Å². The summed E-state index contributed by atoms with van der Waals surface area (Å²) in [5.41, 5.74) is 1.18. The third-order valence-corrected chi connectivity index (χ3v) is 1.94. The molecule has 0 saturated carbocycles. The van der Waals surface area contributed by atoms with Crippen LogP contribution < -0.4 is 0 Å². The summed E-state index contributed by atoms with van der Waals surface area (Å²) in [6, 6.07) is 2.04. The van der Waals surface area contributed by atoms with E-state index in [2.05, 4.69) is 26.5 Å².